The van der Waals surface area contributed by atoms with Crippen molar-refractivity contribution in [2.45, 2.75) is 26.8 Å². The van der Waals surface area contributed by atoms with E-state index in [2.05, 4.69) is 36.9 Å². The number of benzene rings is 2. The summed E-state index contributed by atoms with van der Waals surface area (Å²) in [5.41, 5.74) is 4.67. The van der Waals surface area contributed by atoms with Gasteiger partial charge in [-0.3, -0.25) is 9.69 Å². The highest BCUT2D eigenvalue weighted by Gasteiger charge is 2.23. The van der Waals surface area contributed by atoms with Gasteiger partial charge in [0, 0.05) is 38.3 Å². The van der Waals surface area contributed by atoms with Gasteiger partial charge in [-0.15, -0.1) is 0 Å². The fourth-order valence-electron chi connectivity index (χ4n) is 3.70. The van der Waals surface area contributed by atoms with Crippen molar-refractivity contribution < 1.29 is 14.3 Å². The van der Waals surface area contributed by atoms with E-state index in [1.54, 1.807) is 6.07 Å². The quantitative estimate of drug-likeness (QED) is 0.835. The van der Waals surface area contributed by atoms with Crippen LogP contribution in [0.15, 0.2) is 36.4 Å². The maximum Gasteiger partial charge on any atom is 0.254 e. The van der Waals surface area contributed by atoms with Gasteiger partial charge in [-0.2, -0.15) is 0 Å². The van der Waals surface area contributed by atoms with E-state index in [0.29, 0.717) is 17.1 Å². The van der Waals surface area contributed by atoms with Gasteiger partial charge in [-0.05, 0) is 55.2 Å². The fourth-order valence-corrected chi connectivity index (χ4v) is 3.70. The van der Waals surface area contributed by atoms with Crippen LogP contribution in [-0.4, -0.2) is 48.7 Å². The monoisotopic (exact) mass is 366 g/mol. The number of carbonyl (C=O) groups is 1. The minimum absolute atomic E-state index is 0.0707. The molecule has 1 saturated heterocycles. The molecule has 142 valence electrons. The highest BCUT2D eigenvalue weighted by atomic mass is 16.7. The minimum Gasteiger partial charge on any atom is -0.454 e. The van der Waals surface area contributed by atoms with E-state index < -0.39 is 0 Å². The first-order valence-corrected chi connectivity index (χ1v) is 9.57. The number of fused-ring (bicyclic) bond motifs is 1. The lowest BCUT2D eigenvalue weighted by Gasteiger charge is -2.22. The summed E-state index contributed by atoms with van der Waals surface area (Å²) >= 11 is 0. The van der Waals surface area contributed by atoms with Gasteiger partial charge in [-0.25, -0.2) is 0 Å². The van der Waals surface area contributed by atoms with E-state index in [1.165, 1.54) is 16.7 Å². The average Bonchev–Trinajstić information content (AvgIpc) is 3.02. The molecule has 2 aromatic rings. The molecule has 0 unspecified atom stereocenters. The van der Waals surface area contributed by atoms with Crippen LogP contribution in [0, 0.1) is 13.8 Å². The first kappa shape index (κ1) is 17.9. The van der Waals surface area contributed by atoms with E-state index in [0.717, 1.165) is 39.1 Å². The standard InChI is InChI=1S/C22H26N2O3/c1-16-4-5-18(12-17(16)2)14-23-8-3-9-24(11-10-23)22(25)19-6-7-20-21(13-19)27-15-26-20/h4-7,12-13H,3,8-11,14-15H2,1-2H3. The topological polar surface area (TPSA) is 42.0 Å². The minimum atomic E-state index is 0.0707. The van der Waals surface area contributed by atoms with Crippen molar-refractivity contribution in [3.05, 3.63) is 58.7 Å². The lowest BCUT2D eigenvalue weighted by molar-refractivity contribution is 0.0760. The Morgan fingerprint density at radius 2 is 1.78 bits per heavy atom. The Labute approximate surface area is 160 Å². The third-order valence-corrected chi connectivity index (χ3v) is 5.47. The first-order chi connectivity index (χ1) is 13.1. The van der Waals surface area contributed by atoms with Gasteiger partial charge >= 0.3 is 0 Å². The number of amides is 1. The number of aryl methyl sites for hydroxylation is 2. The summed E-state index contributed by atoms with van der Waals surface area (Å²) < 4.78 is 10.7. The maximum absolute atomic E-state index is 12.9. The van der Waals surface area contributed by atoms with Crippen LogP contribution in [-0.2, 0) is 6.54 Å². The Morgan fingerprint density at radius 1 is 0.926 bits per heavy atom. The van der Waals surface area contributed by atoms with E-state index in [-0.39, 0.29) is 12.7 Å². The fraction of sp³-hybridized carbons (Fsp3) is 0.409. The molecule has 2 heterocycles. The molecule has 5 heteroatoms. The molecule has 0 N–H and O–H groups in total. The lowest BCUT2D eigenvalue weighted by atomic mass is 10.1. The Bertz CT molecular complexity index is 849. The van der Waals surface area contributed by atoms with Gasteiger partial charge in [0.05, 0.1) is 0 Å². The van der Waals surface area contributed by atoms with Crippen LogP contribution in [0.5, 0.6) is 11.5 Å². The van der Waals surface area contributed by atoms with E-state index >= 15 is 0 Å². The normalized spacial score (nSPS) is 17.0. The highest BCUT2D eigenvalue weighted by molar-refractivity contribution is 5.95. The number of carbonyl (C=O) groups excluding carboxylic acids is 1. The molecule has 0 spiro atoms. The van der Waals surface area contributed by atoms with Crippen molar-refractivity contribution in [2.24, 2.45) is 0 Å². The third kappa shape index (κ3) is 3.93. The number of rotatable bonds is 3. The predicted molar refractivity (Wildman–Crippen MR) is 104 cm³/mol. The van der Waals surface area contributed by atoms with Gasteiger partial charge in [-0.1, -0.05) is 18.2 Å². The summed E-state index contributed by atoms with van der Waals surface area (Å²) in [5, 5.41) is 0. The lowest BCUT2D eigenvalue weighted by Crippen LogP contribution is -2.35. The van der Waals surface area contributed by atoms with Crippen LogP contribution in [0.1, 0.15) is 33.5 Å². The number of nitrogens with zero attached hydrogens (tertiary/aromatic N) is 2. The zero-order valence-electron chi connectivity index (χ0n) is 16.0. The molecular formula is C22H26N2O3. The van der Waals surface area contributed by atoms with Crippen LogP contribution >= 0.6 is 0 Å². The predicted octanol–water partition coefficient (Wildman–Crippen LogP) is 3.38. The second-order valence-electron chi connectivity index (χ2n) is 7.41. The summed E-state index contributed by atoms with van der Waals surface area (Å²) in [6.45, 7) is 8.91. The average molecular weight is 366 g/mol. The summed E-state index contributed by atoms with van der Waals surface area (Å²) in [6.07, 6.45) is 0.987. The highest BCUT2D eigenvalue weighted by Crippen LogP contribution is 2.32. The first-order valence-electron chi connectivity index (χ1n) is 9.57. The molecule has 0 bridgehead atoms. The molecule has 27 heavy (non-hydrogen) atoms. The maximum atomic E-state index is 12.9. The molecule has 1 fully saturated rings. The third-order valence-electron chi connectivity index (χ3n) is 5.47. The van der Waals surface area contributed by atoms with Crippen LogP contribution in [0.4, 0.5) is 0 Å². The van der Waals surface area contributed by atoms with Crippen LogP contribution < -0.4 is 9.47 Å². The molecule has 0 radical (unpaired) electrons. The van der Waals surface area contributed by atoms with Crippen molar-refractivity contribution in [3.8, 4) is 11.5 Å². The Kier molecular flexibility index (Phi) is 5.03. The number of ether oxygens (including phenoxy) is 2. The molecule has 2 aliphatic heterocycles. The molecule has 1 amide bonds. The van der Waals surface area contributed by atoms with Crippen LogP contribution in [0.3, 0.4) is 0 Å². The number of hydrogen-bond donors (Lipinski definition) is 0. The second-order valence-corrected chi connectivity index (χ2v) is 7.41. The van der Waals surface area contributed by atoms with Crippen molar-refractivity contribution in [3.63, 3.8) is 0 Å². The van der Waals surface area contributed by atoms with Crippen LogP contribution in [0.25, 0.3) is 0 Å². The van der Waals surface area contributed by atoms with E-state index in [1.807, 2.05) is 17.0 Å². The van der Waals surface area contributed by atoms with Crippen molar-refractivity contribution in [2.75, 3.05) is 33.0 Å². The second kappa shape index (κ2) is 7.61. The summed E-state index contributed by atoms with van der Waals surface area (Å²) in [7, 11) is 0. The van der Waals surface area contributed by atoms with Gasteiger partial charge in [0.1, 0.15) is 0 Å². The summed E-state index contributed by atoms with van der Waals surface area (Å²) in [5.74, 6) is 1.44. The van der Waals surface area contributed by atoms with E-state index in [9.17, 15) is 4.79 Å². The molecule has 0 saturated carbocycles. The van der Waals surface area contributed by atoms with Crippen molar-refractivity contribution in [1.82, 2.24) is 9.80 Å². The SMILES string of the molecule is Cc1ccc(CN2CCCN(C(=O)c3ccc4c(c3)OCO4)CC2)cc1C. The van der Waals surface area contributed by atoms with Crippen molar-refractivity contribution in [1.29, 1.82) is 0 Å². The van der Waals surface area contributed by atoms with Gasteiger partial charge in [0.15, 0.2) is 11.5 Å². The Balaban J connectivity index is 1.39. The Hall–Kier alpha value is -2.53. The molecule has 4 rings (SSSR count). The van der Waals surface area contributed by atoms with Crippen LogP contribution in [0.2, 0.25) is 0 Å². The number of hydrogen-bond acceptors (Lipinski definition) is 4. The molecule has 2 aromatic carbocycles. The molecule has 2 aliphatic rings. The molecular weight excluding hydrogens is 340 g/mol. The molecule has 5 nitrogen and oxygen atoms in total. The zero-order chi connectivity index (χ0) is 18.8. The van der Waals surface area contributed by atoms with Gasteiger partial charge in [0.25, 0.3) is 5.91 Å². The summed E-state index contributed by atoms with van der Waals surface area (Å²) in [6, 6.07) is 12.1. The van der Waals surface area contributed by atoms with E-state index in [4.69, 9.17) is 9.47 Å². The van der Waals surface area contributed by atoms with Gasteiger partial charge < -0.3 is 14.4 Å². The zero-order valence-corrected chi connectivity index (χ0v) is 16.0. The summed E-state index contributed by atoms with van der Waals surface area (Å²) in [4.78, 5) is 17.3. The molecule has 0 aliphatic carbocycles. The van der Waals surface area contributed by atoms with Crippen molar-refractivity contribution >= 4 is 5.91 Å². The smallest absolute Gasteiger partial charge is 0.254 e. The Morgan fingerprint density at radius 3 is 2.63 bits per heavy atom. The molecule has 0 atom stereocenters. The molecule has 0 aromatic heterocycles. The van der Waals surface area contributed by atoms with Gasteiger partial charge in [0.2, 0.25) is 6.79 Å². The largest absolute Gasteiger partial charge is 0.454 e.